The fraction of sp³-hybridized carbons (Fsp3) is 0.929. The molecule has 4 nitrogen and oxygen atoms in total. The van der Waals surface area contributed by atoms with E-state index in [4.69, 9.17) is 5.73 Å². The lowest BCUT2D eigenvalue weighted by Gasteiger charge is -2.34. The van der Waals surface area contributed by atoms with E-state index >= 15 is 0 Å². The molecule has 4 heteroatoms. The molecule has 0 aromatic heterocycles. The summed E-state index contributed by atoms with van der Waals surface area (Å²) >= 11 is 0. The fourth-order valence-electron chi connectivity index (χ4n) is 2.33. The van der Waals surface area contributed by atoms with Gasteiger partial charge in [-0.2, -0.15) is 0 Å². The minimum Gasteiger partial charge on any atom is -0.344 e. The molecular formula is C14H29N3O. The molecular weight excluding hydrogens is 226 g/mol. The number of nitrogens with two attached hydrogens (primary N) is 1. The number of piperidine rings is 1. The van der Waals surface area contributed by atoms with Crippen LogP contribution >= 0.6 is 0 Å². The number of rotatable bonds is 3. The molecule has 1 amide bonds. The molecule has 0 unspecified atom stereocenters. The summed E-state index contributed by atoms with van der Waals surface area (Å²) in [6.07, 6.45) is 2.36. The highest BCUT2D eigenvalue weighted by Crippen LogP contribution is 2.21. The van der Waals surface area contributed by atoms with Crippen molar-refractivity contribution >= 4 is 5.91 Å². The van der Waals surface area contributed by atoms with Gasteiger partial charge in [0.05, 0.1) is 6.04 Å². The molecule has 0 radical (unpaired) electrons. The Labute approximate surface area is 111 Å². The molecule has 0 aromatic carbocycles. The molecule has 1 rings (SSSR count). The number of likely N-dealkylation sites (tertiary alicyclic amines) is 1. The highest BCUT2D eigenvalue weighted by atomic mass is 16.2. The maximum atomic E-state index is 12.2. The summed E-state index contributed by atoms with van der Waals surface area (Å²) in [6.45, 7) is 9.16. The van der Waals surface area contributed by atoms with Crippen molar-refractivity contribution in [3.8, 4) is 0 Å². The lowest BCUT2D eigenvalue weighted by molar-refractivity contribution is -0.134. The van der Waals surface area contributed by atoms with Crippen LogP contribution in [-0.4, -0.2) is 55.5 Å². The van der Waals surface area contributed by atoms with Crippen LogP contribution in [0.5, 0.6) is 0 Å². The van der Waals surface area contributed by atoms with Crippen LogP contribution < -0.4 is 5.73 Å². The van der Waals surface area contributed by atoms with Crippen molar-refractivity contribution in [3.05, 3.63) is 0 Å². The summed E-state index contributed by atoms with van der Waals surface area (Å²) in [4.78, 5) is 16.4. The summed E-state index contributed by atoms with van der Waals surface area (Å²) in [5.74, 6) is 0.698. The average Bonchev–Trinajstić information content (AvgIpc) is 2.29. The standard InChI is InChI=1S/C14H29N3O/c1-14(2,3)12(15)13(18)17(5)10-11-6-8-16(4)9-7-11/h11-12H,6-10,15H2,1-5H3/t12-/m0/s1. The molecule has 0 aromatic rings. The SMILES string of the molecule is CN1CCC(CN(C)C(=O)[C@H](N)C(C)(C)C)CC1. The number of likely N-dealkylation sites (N-methyl/N-ethyl adjacent to an activating group) is 1. The zero-order valence-electron chi connectivity index (χ0n) is 12.6. The van der Waals surface area contributed by atoms with E-state index in [9.17, 15) is 4.79 Å². The Morgan fingerprint density at radius 2 is 1.89 bits per heavy atom. The third-order valence-electron chi connectivity index (χ3n) is 3.95. The number of nitrogens with zero attached hydrogens (tertiary/aromatic N) is 2. The molecule has 18 heavy (non-hydrogen) atoms. The highest BCUT2D eigenvalue weighted by Gasteiger charge is 2.30. The molecule has 1 saturated heterocycles. The third-order valence-corrected chi connectivity index (χ3v) is 3.95. The summed E-state index contributed by atoms with van der Waals surface area (Å²) in [7, 11) is 4.03. The van der Waals surface area contributed by atoms with Crippen molar-refractivity contribution < 1.29 is 4.79 Å². The largest absolute Gasteiger partial charge is 0.344 e. The van der Waals surface area contributed by atoms with Gasteiger partial charge in [0.25, 0.3) is 0 Å². The van der Waals surface area contributed by atoms with Gasteiger partial charge in [-0.3, -0.25) is 4.79 Å². The van der Waals surface area contributed by atoms with Gasteiger partial charge < -0.3 is 15.5 Å². The Morgan fingerprint density at radius 1 is 1.39 bits per heavy atom. The zero-order valence-corrected chi connectivity index (χ0v) is 12.6. The van der Waals surface area contributed by atoms with Crippen molar-refractivity contribution in [2.75, 3.05) is 33.7 Å². The van der Waals surface area contributed by atoms with Crippen molar-refractivity contribution in [1.29, 1.82) is 0 Å². The molecule has 106 valence electrons. The molecule has 1 heterocycles. The number of amides is 1. The van der Waals surface area contributed by atoms with Gasteiger partial charge in [-0.05, 0) is 44.3 Å². The summed E-state index contributed by atoms with van der Waals surface area (Å²) in [5.41, 5.74) is 5.85. The lowest BCUT2D eigenvalue weighted by atomic mass is 9.86. The van der Waals surface area contributed by atoms with E-state index in [1.165, 1.54) is 12.8 Å². The fourth-order valence-corrected chi connectivity index (χ4v) is 2.33. The molecule has 0 bridgehead atoms. The minimum absolute atomic E-state index is 0.0708. The van der Waals surface area contributed by atoms with E-state index in [0.29, 0.717) is 5.92 Å². The number of carbonyl (C=O) groups excluding carboxylic acids is 1. The maximum absolute atomic E-state index is 12.2. The van der Waals surface area contributed by atoms with E-state index in [1.54, 1.807) is 0 Å². The van der Waals surface area contributed by atoms with Crippen LogP contribution in [0, 0.1) is 11.3 Å². The third kappa shape index (κ3) is 4.25. The Balaban J connectivity index is 2.45. The summed E-state index contributed by atoms with van der Waals surface area (Å²) in [6, 6.07) is -0.409. The molecule has 1 atom stereocenters. The van der Waals surface area contributed by atoms with Crippen LogP contribution in [0.3, 0.4) is 0 Å². The second-order valence-electron chi connectivity index (χ2n) is 6.81. The highest BCUT2D eigenvalue weighted by molar-refractivity contribution is 5.82. The normalized spacial score (nSPS) is 20.8. The van der Waals surface area contributed by atoms with Gasteiger partial charge in [-0.15, -0.1) is 0 Å². The summed E-state index contributed by atoms with van der Waals surface area (Å²) < 4.78 is 0. The van der Waals surface area contributed by atoms with E-state index in [1.807, 2.05) is 32.7 Å². The lowest BCUT2D eigenvalue weighted by Crippen LogP contribution is -2.50. The first-order valence-electron chi connectivity index (χ1n) is 6.91. The predicted octanol–water partition coefficient (Wildman–Crippen LogP) is 1.16. The Kier molecular flexibility index (Phi) is 5.17. The van der Waals surface area contributed by atoms with Gasteiger partial charge >= 0.3 is 0 Å². The van der Waals surface area contributed by atoms with Crippen molar-refractivity contribution in [1.82, 2.24) is 9.80 Å². The first-order valence-corrected chi connectivity index (χ1v) is 6.91. The van der Waals surface area contributed by atoms with Crippen molar-refractivity contribution in [2.24, 2.45) is 17.1 Å². The van der Waals surface area contributed by atoms with Crippen LogP contribution in [0.25, 0.3) is 0 Å². The van der Waals surface area contributed by atoms with E-state index in [0.717, 1.165) is 19.6 Å². The Morgan fingerprint density at radius 3 is 2.33 bits per heavy atom. The molecule has 0 saturated carbocycles. The molecule has 1 aliphatic heterocycles. The number of carbonyl (C=O) groups is 1. The molecule has 1 aliphatic rings. The Hall–Kier alpha value is -0.610. The second kappa shape index (κ2) is 6.02. The smallest absolute Gasteiger partial charge is 0.239 e. The zero-order chi connectivity index (χ0) is 13.9. The van der Waals surface area contributed by atoms with Crippen molar-refractivity contribution in [2.45, 2.75) is 39.7 Å². The predicted molar refractivity (Wildman–Crippen MR) is 75.3 cm³/mol. The van der Waals surface area contributed by atoms with Gasteiger partial charge in [-0.1, -0.05) is 20.8 Å². The van der Waals surface area contributed by atoms with Gasteiger partial charge in [0, 0.05) is 13.6 Å². The average molecular weight is 255 g/mol. The van der Waals surface area contributed by atoms with Gasteiger partial charge in [-0.25, -0.2) is 0 Å². The maximum Gasteiger partial charge on any atom is 0.239 e. The van der Waals surface area contributed by atoms with Crippen LogP contribution in [0.15, 0.2) is 0 Å². The van der Waals surface area contributed by atoms with Crippen LogP contribution in [0.4, 0.5) is 0 Å². The molecule has 0 spiro atoms. The molecule has 1 fully saturated rings. The van der Waals surface area contributed by atoms with Crippen LogP contribution in [-0.2, 0) is 4.79 Å². The minimum atomic E-state index is -0.409. The number of hydrogen-bond acceptors (Lipinski definition) is 3. The summed E-state index contributed by atoms with van der Waals surface area (Å²) in [5, 5.41) is 0. The van der Waals surface area contributed by atoms with Crippen LogP contribution in [0.1, 0.15) is 33.6 Å². The van der Waals surface area contributed by atoms with Crippen LogP contribution in [0.2, 0.25) is 0 Å². The quantitative estimate of drug-likeness (QED) is 0.823. The number of hydrogen-bond donors (Lipinski definition) is 1. The first kappa shape index (κ1) is 15.4. The monoisotopic (exact) mass is 255 g/mol. The van der Waals surface area contributed by atoms with E-state index < -0.39 is 6.04 Å². The molecule has 0 aliphatic carbocycles. The second-order valence-corrected chi connectivity index (χ2v) is 6.81. The Bertz CT molecular complexity index is 277. The first-order chi connectivity index (χ1) is 8.21. The van der Waals surface area contributed by atoms with Gasteiger partial charge in [0.1, 0.15) is 0 Å². The molecule has 2 N–H and O–H groups in total. The van der Waals surface area contributed by atoms with Gasteiger partial charge in [0.2, 0.25) is 5.91 Å². The van der Waals surface area contributed by atoms with E-state index in [-0.39, 0.29) is 11.3 Å². The van der Waals surface area contributed by atoms with Gasteiger partial charge in [0.15, 0.2) is 0 Å². The van der Waals surface area contributed by atoms with Crippen molar-refractivity contribution in [3.63, 3.8) is 0 Å². The van der Waals surface area contributed by atoms with E-state index in [2.05, 4.69) is 11.9 Å². The topological polar surface area (TPSA) is 49.6 Å².